The van der Waals surface area contributed by atoms with Gasteiger partial charge in [-0.2, -0.15) is 0 Å². The van der Waals surface area contributed by atoms with E-state index in [4.69, 9.17) is 4.74 Å². The molecule has 80 valence electrons. The van der Waals surface area contributed by atoms with Crippen molar-refractivity contribution in [1.82, 2.24) is 0 Å². The van der Waals surface area contributed by atoms with Crippen LogP contribution >= 0.6 is 0 Å². The molecule has 3 heteroatoms. The standard InChI is InChI=1S/C12H14O3/c1-4-15-12-5-8(2)11(9(3)14)6-10(12)7-13/h5-7H,4H2,1-3H3. The highest BCUT2D eigenvalue weighted by Gasteiger charge is 2.10. The zero-order chi connectivity index (χ0) is 11.4. The molecular weight excluding hydrogens is 192 g/mol. The van der Waals surface area contributed by atoms with Crippen LogP contribution in [0.1, 0.15) is 40.1 Å². The number of Topliss-reactive ketones (excluding diaryl/α,β-unsaturated/α-hetero) is 1. The molecule has 0 heterocycles. The van der Waals surface area contributed by atoms with Gasteiger partial charge in [0.15, 0.2) is 12.1 Å². The summed E-state index contributed by atoms with van der Waals surface area (Å²) in [6, 6.07) is 3.31. The first-order chi connectivity index (χ1) is 7.10. The highest BCUT2D eigenvalue weighted by atomic mass is 16.5. The first kappa shape index (κ1) is 11.4. The lowest BCUT2D eigenvalue weighted by Crippen LogP contribution is -2.02. The summed E-state index contributed by atoms with van der Waals surface area (Å²) >= 11 is 0. The Balaban J connectivity index is 3.28. The molecule has 0 radical (unpaired) electrons. The maximum atomic E-state index is 11.2. The Kier molecular flexibility index (Phi) is 3.61. The SMILES string of the molecule is CCOc1cc(C)c(C(C)=O)cc1C=O. The molecule has 1 aromatic rings. The number of carbonyl (C=O) groups is 2. The number of ether oxygens (including phenoxy) is 1. The van der Waals surface area contributed by atoms with Crippen LogP contribution in [0.5, 0.6) is 5.75 Å². The van der Waals surface area contributed by atoms with Crippen molar-refractivity contribution in [1.29, 1.82) is 0 Å². The molecule has 0 atom stereocenters. The smallest absolute Gasteiger partial charge is 0.160 e. The van der Waals surface area contributed by atoms with Gasteiger partial charge in [0.25, 0.3) is 0 Å². The fraction of sp³-hybridized carbons (Fsp3) is 0.333. The van der Waals surface area contributed by atoms with Crippen molar-refractivity contribution in [3.05, 3.63) is 28.8 Å². The van der Waals surface area contributed by atoms with Gasteiger partial charge in [-0.05, 0) is 38.5 Å². The molecule has 0 N–H and O–H groups in total. The van der Waals surface area contributed by atoms with Crippen molar-refractivity contribution in [3.8, 4) is 5.75 Å². The van der Waals surface area contributed by atoms with Gasteiger partial charge in [-0.1, -0.05) is 0 Å². The second-order valence-corrected chi connectivity index (χ2v) is 3.31. The molecule has 0 aliphatic heterocycles. The third kappa shape index (κ3) is 2.43. The summed E-state index contributed by atoms with van der Waals surface area (Å²) in [6.45, 7) is 5.66. The van der Waals surface area contributed by atoms with E-state index < -0.39 is 0 Å². The Morgan fingerprint density at radius 1 is 1.47 bits per heavy atom. The van der Waals surface area contributed by atoms with Crippen LogP contribution in [0, 0.1) is 6.92 Å². The molecule has 0 spiro atoms. The van der Waals surface area contributed by atoms with Gasteiger partial charge < -0.3 is 4.74 Å². The lowest BCUT2D eigenvalue weighted by Gasteiger charge is -2.09. The van der Waals surface area contributed by atoms with E-state index in [0.29, 0.717) is 29.8 Å². The van der Waals surface area contributed by atoms with Crippen molar-refractivity contribution in [2.24, 2.45) is 0 Å². The molecule has 0 bridgehead atoms. The zero-order valence-electron chi connectivity index (χ0n) is 9.16. The van der Waals surface area contributed by atoms with E-state index in [1.54, 1.807) is 12.1 Å². The van der Waals surface area contributed by atoms with Crippen molar-refractivity contribution >= 4 is 12.1 Å². The van der Waals surface area contributed by atoms with E-state index in [1.165, 1.54) is 6.92 Å². The highest BCUT2D eigenvalue weighted by molar-refractivity contribution is 5.97. The minimum absolute atomic E-state index is 0.0429. The van der Waals surface area contributed by atoms with Crippen LogP contribution in [0.25, 0.3) is 0 Å². The first-order valence-electron chi connectivity index (χ1n) is 4.83. The average Bonchev–Trinajstić information content (AvgIpc) is 2.18. The molecule has 0 saturated heterocycles. The summed E-state index contributed by atoms with van der Waals surface area (Å²) in [5.74, 6) is 0.494. The molecule has 1 aromatic carbocycles. The van der Waals surface area contributed by atoms with E-state index in [0.717, 1.165) is 5.56 Å². The van der Waals surface area contributed by atoms with E-state index >= 15 is 0 Å². The van der Waals surface area contributed by atoms with Crippen molar-refractivity contribution in [2.75, 3.05) is 6.61 Å². The molecular formula is C12H14O3. The van der Waals surface area contributed by atoms with Crippen molar-refractivity contribution < 1.29 is 14.3 Å². The van der Waals surface area contributed by atoms with Crippen LogP contribution in [-0.4, -0.2) is 18.7 Å². The number of aldehydes is 1. The number of rotatable bonds is 4. The summed E-state index contributed by atoms with van der Waals surface area (Å²) in [5.41, 5.74) is 1.82. The molecule has 0 aliphatic rings. The molecule has 0 fully saturated rings. The van der Waals surface area contributed by atoms with Crippen molar-refractivity contribution in [3.63, 3.8) is 0 Å². The maximum absolute atomic E-state index is 11.2. The molecule has 0 unspecified atom stereocenters. The van der Waals surface area contributed by atoms with Crippen LogP contribution < -0.4 is 4.74 Å². The summed E-state index contributed by atoms with van der Waals surface area (Å²) in [6.07, 6.45) is 0.705. The van der Waals surface area contributed by atoms with Crippen LogP contribution in [-0.2, 0) is 0 Å². The summed E-state index contributed by atoms with van der Waals surface area (Å²) in [5, 5.41) is 0. The van der Waals surface area contributed by atoms with Gasteiger partial charge in [0.1, 0.15) is 5.75 Å². The van der Waals surface area contributed by atoms with Crippen LogP contribution in [0.3, 0.4) is 0 Å². The zero-order valence-corrected chi connectivity index (χ0v) is 9.16. The van der Waals surface area contributed by atoms with E-state index in [-0.39, 0.29) is 5.78 Å². The number of benzene rings is 1. The Morgan fingerprint density at radius 3 is 2.60 bits per heavy atom. The number of carbonyl (C=O) groups excluding carboxylic acids is 2. The quantitative estimate of drug-likeness (QED) is 0.561. The summed E-state index contributed by atoms with van der Waals surface area (Å²) < 4.78 is 5.30. The fourth-order valence-corrected chi connectivity index (χ4v) is 1.45. The van der Waals surface area contributed by atoms with Gasteiger partial charge in [-0.15, -0.1) is 0 Å². The molecule has 0 amide bonds. The van der Waals surface area contributed by atoms with Gasteiger partial charge in [0.05, 0.1) is 12.2 Å². The van der Waals surface area contributed by atoms with Crippen LogP contribution in [0.15, 0.2) is 12.1 Å². The molecule has 15 heavy (non-hydrogen) atoms. The lowest BCUT2D eigenvalue weighted by molar-refractivity contribution is 0.101. The summed E-state index contributed by atoms with van der Waals surface area (Å²) in [4.78, 5) is 22.0. The number of hydrogen-bond acceptors (Lipinski definition) is 3. The fourth-order valence-electron chi connectivity index (χ4n) is 1.45. The Morgan fingerprint density at radius 2 is 2.13 bits per heavy atom. The second-order valence-electron chi connectivity index (χ2n) is 3.31. The number of hydrogen-bond donors (Lipinski definition) is 0. The number of ketones is 1. The monoisotopic (exact) mass is 206 g/mol. The average molecular weight is 206 g/mol. The third-order valence-electron chi connectivity index (χ3n) is 2.16. The second kappa shape index (κ2) is 4.73. The predicted octanol–water partition coefficient (Wildman–Crippen LogP) is 2.41. The molecule has 0 aromatic heterocycles. The minimum Gasteiger partial charge on any atom is -0.493 e. The molecule has 3 nitrogen and oxygen atoms in total. The van der Waals surface area contributed by atoms with Crippen LogP contribution in [0.4, 0.5) is 0 Å². The number of aryl methyl sites for hydroxylation is 1. The Bertz CT molecular complexity index is 394. The third-order valence-corrected chi connectivity index (χ3v) is 2.16. The van der Waals surface area contributed by atoms with Gasteiger partial charge in [-0.25, -0.2) is 0 Å². The predicted molar refractivity (Wildman–Crippen MR) is 57.7 cm³/mol. The Hall–Kier alpha value is -1.64. The van der Waals surface area contributed by atoms with Gasteiger partial charge in [-0.3, -0.25) is 9.59 Å². The minimum atomic E-state index is -0.0429. The molecule has 1 rings (SSSR count). The summed E-state index contributed by atoms with van der Waals surface area (Å²) in [7, 11) is 0. The first-order valence-corrected chi connectivity index (χ1v) is 4.83. The molecule has 0 saturated carbocycles. The topological polar surface area (TPSA) is 43.4 Å². The highest BCUT2D eigenvalue weighted by Crippen LogP contribution is 2.22. The van der Waals surface area contributed by atoms with Gasteiger partial charge in [0.2, 0.25) is 0 Å². The van der Waals surface area contributed by atoms with E-state index in [2.05, 4.69) is 0 Å². The Labute approximate surface area is 89.1 Å². The van der Waals surface area contributed by atoms with E-state index in [1.807, 2.05) is 13.8 Å². The normalized spacial score (nSPS) is 9.80. The maximum Gasteiger partial charge on any atom is 0.160 e. The largest absolute Gasteiger partial charge is 0.493 e. The molecule has 0 aliphatic carbocycles. The van der Waals surface area contributed by atoms with Gasteiger partial charge in [0, 0.05) is 5.56 Å². The van der Waals surface area contributed by atoms with E-state index in [9.17, 15) is 9.59 Å². The van der Waals surface area contributed by atoms with Crippen molar-refractivity contribution in [2.45, 2.75) is 20.8 Å². The van der Waals surface area contributed by atoms with Crippen LogP contribution in [0.2, 0.25) is 0 Å². The van der Waals surface area contributed by atoms with Gasteiger partial charge >= 0.3 is 0 Å². The lowest BCUT2D eigenvalue weighted by atomic mass is 10.0.